The molecule has 9 atom stereocenters. The SMILES string of the molecule is CCCCCCCCCCCCNC(=O)NCC1O[C@H](OC2OC(CNC(=O)NCCCCCCCCCCCC)[C@@H](CO)C2O)C(O)C(C)[C@@H]1C. The lowest BCUT2D eigenvalue weighted by Gasteiger charge is -2.43. The largest absolute Gasteiger partial charge is 0.396 e. The van der Waals surface area contributed by atoms with Crippen LogP contribution in [-0.2, 0) is 14.2 Å². The van der Waals surface area contributed by atoms with Crippen LogP contribution in [0, 0.1) is 17.8 Å². The number of hydrogen-bond donors (Lipinski definition) is 7. The van der Waals surface area contributed by atoms with Crippen molar-refractivity contribution in [3.8, 4) is 0 Å². The predicted octanol–water partition coefficient (Wildman–Crippen LogP) is 6.50. The van der Waals surface area contributed by atoms with Crippen LogP contribution in [0.5, 0.6) is 0 Å². The summed E-state index contributed by atoms with van der Waals surface area (Å²) < 4.78 is 18.0. The first-order valence-electron chi connectivity index (χ1n) is 21.2. The van der Waals surface area contributed by atoms with Crippen LogP contribution in [0.25, 0.3) is 0 Å². The molecule has 12 nitrogen and oxygen atoms in total. The van der Waals surface area contributed by atoms with Crippen molar-refractivity contribution >= 4 is 12.1 Å². The minimum atomic E-state index is -1.19. The van der Waals surface area contributed by atoms with Crippen molar-refractivity contribution < 1.29 is 39.1 Å². The van der Waals surface area contributed by atoms with Crippen molar-refractivity contribution in [1.29, 1.82) is 0 Å². The van der Waals surface area contributed by atoms with Crippen LogP contribution in [-0.4, -0.2) is 97.2 Å². The van der Waals surface area contributed by atoms with Gasteiger partial charge in [0, 0.05) is 32.1 Å². The Balaban J connectivity index is 1.66. The van der Waals surface area contributed by atoms with E-state index in [-0.39, 0.29) is 43.6 Å². The van der Waals surface area contributed by atoms with Gasteiger partial charge in [-0.2, -0.15) is 0 Å². The van der Waals surface area contributed by atoms with Crippen LogP contribution in [0.4, 0.5) is 9.59 Å². The molecular formula is C40H78N4O8. The molecule has 4 amide bonds. The van der Waals surface area contributed by atoms with Gasteiger partial charge < -0.3 is 50.8 Å². The molecule has 0 aromatic heterocycles. The van der Waals surface area contributed by atoms with E-state index in [0.717, 1.165) is 25.7 Å². The fraction of sp³-hybridized carbons (Fsp3) is 0.950. The van der Waals surface area contributed by atoms with Crippen molar-refractivity contribution in [2.45, 2.75) is 193 Å². The molecule has 0 radical (unpaired) electrons. The van der Waals surface area contributed by atoms with E-state index in [1.165, 1.54) is 103 Å². The smallest absolute Gasteiger partial charge is 0.314 e. The van der Waals surface area contributed by atoms with Crippen molar-refractivity contribution in [3.63, 3.8) is 0 Å². The Morgan fingerprint density at radius 1 is 0.538 bits per heavy atom. The average molecular weight is 743 g/mol. The molecule has 2 aliphatic heterocycles. The highest BCUT2D eigenvalue weighted by atomic mass is 16.8. The molecular weight excluding hydrogens is 664 g/mol. The number of rotatable bonds is 29. The Hall–Kier alpha value is -1.70. The van der Waals surface area contributed by atoms with Gasteiger partial charge in [-0.05, 0) is 24.7 Å². The molecule has 7 N–H and O–H groups in total. The second kappa shape index (κ2) is 28.7. The number of urea groups is 2. The third-order valence-electron chi connectivity index (χ3n) is 11.1. The molecule has 2 aliphatic rings. The third-order valence-corrected chi connectivity index (χ3v) is 11.1. The van der Waals surface area contributed by atoms with Gasteiger partial charge in [0.2, 0.25) is 0 Å². The lowest BCUT2D eigenvalue weighted by Crippen LogP contribution is -2.55. The highest BCUT2D eigenvalue weighted by Crippen LogP contribution is 2.35. The Morgan fingerprint density at radius 3 is 1.37 bits per heavy atom. The van der Waals surface area contributed by atoms with Gasteiger partial charge in [-0.3, -0.25) is 0 Å². The second-order valence-corrected chi connectivity index (χ2v) is 15.4. The number of hydrogen-bond acceptors (Lipinski definition) is 8. The zero-order chi connectivity index (χ0) is 38.0. The monoisotopic (exact) mass is 743 g/mol. The maximum absolute atomic E-state index is 12.5. The molecule has 52 heavy (non-hydrogen) atoms. The van der Waals surface area contributed by atoms with Gasteiger partial charge >= 0.3 is 12.1 Å². The van der Waals surface area contributed by atoms with E-state index in [9.17, 15) is 24.9 Å². The molecule has 0 bridgehead atoms. The maximum Gasteiger partial charge on any atom is 0.314 e. The number of aliphatic hydroxyl groups is 3. The van der Waals surface area contributed by atoms with E-state index in [1.807, 2.05) is 13.8 Å². The van der Waals surface area contributed by atoms with Gasteiger partial charge in [-0.25, -0.2) is 9.59 Å². The van der Waals surface area contributed by atoms with Crippen LogP contribution in [0.3, 0.4) is 0 Å². The highest BCUT2D eigenvalue weighted by molar-refractivity contribution is 5.74. The van der Waals surface area contributed by atoms with Crippen LogP contribution in [0.2, 0.25) is 0 Å². The summed E-state index contributed by atoms with van der Waals surface area (Å²) in [5.74, 6) is -0.988. The first-order valence-corrected chi connectivity index (χ1v) is 21.2. The Bertz CT molecular complexity index is 917. The minimum absolute atomic E-state index is 0.0764. The normalized spacial score (nSPS) is 27.4. The number of carbonyl (C=O) groups excluding carboxylic acids is 2. The average Bonchev–Trinajstić information content (AvgIpc) is 3.44. The number of aliphatic hydroxyl groups excluding tert-OH is 3. The third kappa shape index (κ3) is 18.6. The summed E-state index contributed by atoms with van der Waals surface area (Å²) in [6.45, 7) is 9.47. The maximum atomic E-state index is 12.5. The summed E-state index contributed by atoms with van der Waals surface area (Å²) in [4.78, 5) is 24.9. The van der Waals surface area contributed by atoms with Crippen LogP contribution >= 0.6 is 0 Å². The first-order chi connectivity index (χ1) is 25.2. The Labute approximate surface area is 315 Å². The number of nitrogens with one attached hydrogen (secondary N) is 4. The molecule has 2 fully saturated rings. The van der Waals surface area contributed by atoms with Gasteiger partial charge in [0.05, 0.1) is 18.8 Å². The van der Waals surface area contributed by atoms with Gasteiger partial charge in [0.25, 0.3) is 0 Å². The second-order valence-electron chi connectivity index (χ2n) is 15.4. The van der Waals surface area contributed by atoms with E-state index in [2.05, 4.69) is 35.1 Å². The number of unbranched alkanes of at least 4 members (excludes halogenated alkanes) is 18. The van der Waals surface area contributed by atoms with E-state index in [4.69, 9.17) is 14.2 Å². The van der Waals surface area contributed by atoms with E-state index >= 15 is 0 Å². The minimum Gasteiger partial charge on any atom is -0.396 e. The van der Waals surface area contributed by atoms with Gasteiger partial charge in [0.1, 0.15) is 12.2 Å². The zero-order valence-corrected chi connectivity index (χ0v) is 33.3. The molecule has 6 unspecified atom stereocenters. The summed E-state index contributed by atoms with van der Waals surface area (Å²) in [5.41, 5.74) is 0. The molecule has 306 valence electrons. The molecule has 0 saturated carbocycles. The summed E-state index contributed by atoms with van der Waals surface area (Å²) in [6.07, 6.45) is 19.1. The van der Waals surface area contributed by atoms with Crippen LogP contribution in [0.15, 0.2) is 0 Å². The standard InChI is InChI=1S/C40H78N4O8/c1-5-7-9-11-13-15-17-19-21-23-25-41-39(48)43-27-33-30(3)31(4)35(46)37(50-33)52-38-36(47)32(29-45)34(51-38)28-44-40(49)42-26-24-22-20-18-16-14-12-10-8-6-2/h30-38,45-47H,5-29H2,1-4H3,(H2,41,43,48)(H2,42,44,49)/t30-,31?,32+,33?,34?,35?,36?,37+,38?/m0/s1. The topological polar surface area (TPSA) is 171 Å². The first kappa shape index (κ1) is 46.5. The summed E-state index contributed by atoms with van der Waals surface area (Å²) in [7, 11) is 0. The summed E-state index contributed by atoms with van der Waals surface area (Å²) >= 11 is 0. The molecule has 0 aromatic carbocycles. The summed E-state index contributed by atoms with van der Waals surface area (Å²) in [6, 6.07) is -0.585. The van der Waals surface area contributed by atoms with Gasteiger partial charge in [0.15, 0.2) is 12.6 Å². The number of carbonyl (C=O) groups is 2. The van der Waals surface area contributed by atoms with Crippen LogP contribution in [0.1, 0.15) is 156 Å². The molecule has 12 heteroatoms. The zero-order valence-electron chi connectivity index (χ0n) is 33.3. The fourth-order valence-electron chi connectivity index (χ4n) is 7.21. The van der Waals surface area contributed by atoms with Crippen molar-refractivity contribution in [1.82, 2.24) is 21.3 Å². The van der Waals surface area contributed by atoms with E-state index < -0.39 is 42.9 Å². The molecule has 2 heterocycles. The quantitative estimate of drug-likeness (QED) is 0.0426. The van der Waals surface area contributed by atoms with Crippen LogP contribution < -0.4 is 21.3 Å². The van der Waals surface area contributed by atoms with E-state index in [1.54, 1.807) is 0 Å². The fourth-order valence-corrected chi connectivity index (χ4v) is 7.21. The van der Waals surface area contributed by atoms with Crippen molar-refractivity contribution in [2.24, 2.45) is 17.8 Å². The lowest BCUT2D eigenvalue weighted by atomic mass is 9.83. The van der Waals surface area contributed by atoms with E-state index in [0.29, 0.717) is 13.1 Å². The van der Waals surface area contributed by atoms with Gasteiger partial charge in [-0.15, -0.1) is 0 Å². The number of amides is 4. The molecule has 0 spiro atoms. The Kier molecular flexibility index (Phi) is 25.6. The lowest BCUT2D eigenvalue weighted by molar-refractivity contribution is -0.322. The molecule has 0 aromatic rings. The number of ether oxygens (including phenoxy) is 3. The Morgan fingerprint density at radius 2 is 0.923 bits per heavy atom. The predicted molar refractivity (Wildman–Crippen MR) is 206 cm³/mol. The molecule has 2 saturated heterocycles. The van der Waals surface area contributed by atoms with Gasteiger partial charge in [-0.1, -0.05) is 143 Å². The highest BCUT2D eigenvalue weighted by Gasteiger charge is 2.48. The van der Waals surface area contributed by atoms with Crippen molar-refractivity contribution in [3.05, 3.63) is 0 Å². The van der Waals surface area contributed by atoms with Crippen molar-refractivity contribution in [2.75, 3.05) is 32.8 Å². The molecule has 2 rings (SSSR count). The summed E-state index contributed by atoms with van der Waals surface area (Å²) in [5, 5.41) is 43.4. The molecule has 0 aliphatic carbocycles.